The summed E-state index contributed by atoms with van der Waals surface area (Å²) >= 11 is 0. The second-order valence-electron chi connectivity index (χ2n) is 18.0. The van der Waals surface area contributed by atoms with E-state index in [9.17, 15) is 19.5 Å². The van der Waals surface area contributed by atoms with Crippen LogP contribution in [0.15, 0.2) is 12.2 Å². The Kier molecular flexibility index (Phi) is 7.82. The second kappa shape index (κ2) is 10.3. The van der Waals surface area contributed by atoms with Crippen molar-refractivity contribution >= 4 is 17.8 Å². The number of hydrogen-bond donors (Lipinski definition) is 2. The van der Waals surface area contributed by atoms with E-state index in [0.29, 0.717) is 29.6 Å². The van der Waals surface area contributed by atoms with E-state index in [1.807, 2.05) is 13.8 Å². The van der Waals surface area contributed by atoms with Crippen LogP contribution in [-0.4, -0.2) is 29.1 Å². The van der Waals surface area contributed by atoms with E-state index in [1.54, 1.807) is 0 Å². The average Bonchev–Trinajstić information content (AvgIpc) is 3.26. The predicted octanol–water partition coefficient (Wildman–Crippen LogP) is 7.93. The minimum atomic E-state index is -0.887. The van der Waals surface area contributed by atoms with Gasteiger partial charge in [-0.1, -0.05) is 60.6 Å². The van der Waals surface area contributed by atoms with Gasteiger partial charge < -0.3 is 15.6 Å². The van der Waals surface area contributed by atoms with Crippen LogP contribution in [0.4, 0.5) is 0 Å². The van der Waals surface area contributed by atoms with Gasteiger partial charge in [0.2, 0.25) is 5.91 Å². The number of allylic oxidation sites excluding steroid dienone is 1. The van der Waals surface area contributed by atoms with Gasteiger partial charge in [0.15, 0.2) is 0 Å². The molecule has 5 rings (SSSR count). The number of carboxylic acids is 1. The Morgan fingerprint density at radius 3 is 2.14 bits per heavy atom. The van der Waals surface area contributed by atoms with E-state index in [2.05, 4.69) is 48.1 Å². The van der Waals surface area contributed by atoms with Crippen LogP contribution >= 0.6 is 0 Å². The summed E-state index contributed by atoms with van der Waals surface area (Å²) in [6.45, 7) is 22.5. The molecule has 0 aliphatic heterocycles. The highest BCUT2D eigenvalue weighted by atomic mass is 16.5. The zero-order chi connectivity index (χ0) is 32.0. The number of fused-ring (bicyclic) bond motifs is 7. The minimum absolute atomic E-state index is 0.0502. The van der Waals surface area contributed by atoms with Crippen LogP contribution in [-0.2, 0) is 19.1 Å². The lowest BCUT2D eigenvalue weighted by Gasteiger charge is -2.72. The molecule has 3 N–H and O–H groups in total. The molecule has 3 unspecified atom stereocenters. The third-order valence-electron chi connectivity index (χ3n) is 15.0. The smallest absolute Gasteiger partial charge is 0.306 e. The van der Waals surface area contributed by atoms with Gasteiger partial charge in [-0.15, -0.1) is 0 Å². The first-order valence-electron chi connectivity index (χ1n) is 17.1. The fourth-order valence-electron chi connectivity index (χ4n) is 12.8. The number of carboxylic acid groups (broad SMARTS) is 1. The van der Waals surface area contributed by atoms with Crippen LogP contribution in [0.1, 0.15) is 132 Å². The maximum absolute atomic E-state index is 13.1. The van der Waals surface area contributed by atoms with Crippen LogP contribution < -0.4 is 5.73 Å². The molecular formula is C37H59NO5. The fourth-order valence-corrected chi connectivity index (χ4v) is 12.8. The monoisotopic (exact) mass is 597 g/mol. The number of esters is 1. The summed E-state index contributed by atoms with van der Waals surface area (Å²) in [5.41, 5.74) is 6.77. The molecular weight excluding hydrogens is 538 g/mol. The first kappa shape index (κ1) is 32.5. The largest absolute Gasteiger partial charge is 0.481 e. The molecule has 0 bridgehead atoms. The molecule has 0 radical (unpaired) electrons. The van der Waals surface area contributed by atoms with Gasteiger partial charge in [0.25, 0.3) is 0 Å². The highest BCUT2D eigenvalue weighted by Crippen LogP contribution is 2.77. The van der Waals surface area contributed by atoms with Crippen LogP contribution in [0.2, 0.25) is 0 Å². The molecule has 5 saturated carbocycles. The normalized spacial score (nSPS) is 45.1. The van der Waals surface area contributed by atoms with E-state index in [-0.39, 0.29) is 57.9 Å². The zero-order valence-corrected chi connectivity index (χ0v) is 28.3. The quantitative estimate of drug-likeness (QED) is 0.229. The van der Waals surface area contributed by atoms with Crippen molar-refractivity contribution in [3.8, 4) is 0 Å². The van der Waals surface area contributed by atoms with Crippen molar-refractivity contribution in [1.82, 2.24) is 0 Å². The lowest BCUT2D eigenvalue weighted by molar-refractivity contribution is -0.249. The first-order chi connectivity index (χ1) is 19.7. The summed E-state index contributed by atoms with van der Waals surface area (Å²) in [6.07, 6.45) is 10.4. The molecule has 5 fully saturated rings. The van der Waals surface area contributed by atoms with E-state index in [4.69, 9.17) is 10.5 Å². The van der Waals surface area contributed by atoms with Crippen molar-refractivity contribution in [3.63, 3.8) is 0 Å². The molecule has 0 aromatic rings. The Bertz CT molecular complexity index is 1190. The molecule has 6 nitrogen and oxygen atoms in total. The Morgan fingerprint density at radius 2 is 1.53 bits per heavy atom. The van der Waals surface area contributed by atoms with Gasteiger partial charge in [-0.2, -0.15) is 0 Å². The Hall–Kier alpha value is -1.85. The molecule has 0 aromatic carbocycles. The molecule has 0 aromatic heterocycles. The van der Waals surface area contributed by atoms with E-state index in [1.165, 1.54) is 12.0 Å². The molecule has 5 aliphatic rings. The number of carbonyl (C=O) groups is 3. The summed E-state index contributed by atoms with van der Waals surface area (Å²) in [6, 6.07) is 0. The minimum Gasteiger partial charge on any atom is -0.481 e. The third kappa shape index (κ3) is 4.73. The van der Waals surface area contributed by atoms with Gasteiger partial charge in [0.05, 0.1) is 18.3 Å². The molecule has 0 spiro atoms. The van der Waals surface area contributed by atoms with Crippen LogP contribution in [0.3, 0.4) is 0 Å². The number of aliphatic carboxylic acids is 1. The number of ether oxygens (including phenoxy) is 1. The van der Waals surface area contributed by atoms with Gasteiger partial charge in [0.1, 0.15) is 6.10 Å². The molecule has 10 atom stereocenters. The van der Waals surface area contributed by atoms with E-state index < -0.39 is 11.4 Å². The number of carbonyl (C=O) groups excluding carboxylic acids is 2. The number of amides is 1. The molecule has 1 amide bonds. The van der Waals surface area contributed by atoms with E-state index in [0.717, 1.165) is 57.8 Å². The Morgan fingerprint density at radius 1 is 0.860 bits per heavy atom. The highest BCUT2D eigenvalue weighted by molar-refractivity contribution is 5.82. The molecule has 0 saturated heterocycles. The second-order valence-corrected chi connectivity index (χ2v) is 18.0. The van der Waals surface area contributed by atoms with Gasteiger partial charge >= 0.3 is 11.9 Å². The van der Waals surface area contributed by atoms with Crippen LogP contribution in [0.5, 0.6) is 0 Å². The number of hydrogen-bond acceptors (Lipinski definition) is 4. The molecule has 242 valence electrons. The van der Waals surface area contributed by atoms with Crippen molar-refractivity contribution in [2.45, 2.75) is 139 Å². The summed E-state index contributed by atoms with van der Waals surface area (Å²) in [5.74, 6) is 0.962. The Balaban J connectivity index is 1.40. The molecule has 6 heteroatoms. The van der Waals surface area contributed by atoms with Crippen LogP contribution in [0.25, 0.3) is 0 Å². The molecule has 0 heterocycles. The Labute approximate surface area is 260 Å². The summed E-state index contributed by atoms with van der Waals surface area (Å²) in [4.78, 5) is 37.5. The van der Waals surface area contributed by atoms with Gasteiger partial charge in [0, 0.05) is 5.41 Å². The van der Waals surface area contributed by atoms with Gasteiger partial charge in [-0.05, 0) is 122 Å². The number of primary amides is 1. The van der Waals surface area contributed by atoms with E-state index >= 15 is 0 Å². The zero-order valence-electron chi connectivity index (χ0n) is 28.3. The number of nitrogens with two attached hydrogens (primary N) is 1. The summed E-state index contributed by atoms with van der Waals surface area (Å²) in [7, 11) is 0. The van der Waals surface area contributed by atoms with Crippen molar-refractivity contribution in [2.24, 2.45) is 67.8 Å². The van der Waals surface area contributed by atoms with Crippen molar-refractivity contribution in [2.75, 3.05) is 0 Å². The maximum Gasteiger partial charge on any atom is 0.306 e. The molecule has 5 aliphatic carbocycles. The highest BCUT2D eigenvalue weighted by Gasteiger charge is 2.71. The first-order valence-corrected chi connectivity index (χ1v) is 17.1. The van der Waals surface area contributed by atoms with Crippen molar-refractivity contribution < 1.29 is 24.2 Å². The third-order valence-corrected chi connectivity index (χ3v) is 15.0. The lowest BCUT2D eigenvalue weighted by Crippen LogP contribution is -2.67. The standard InChI is InChI=1S/C37H59NO5/c1-22(2)23-12-17-37(31(38)42)19-18-35(8)24(30(23)37)10-11-26-34(7)15-14-27(33(5,6)25(34)13-16-36(26,35)9)43-29(41)21-32(3,4)20-28(39)40/h23-27,30H,1,10-21H2,2-9H3,(H2,38,42)(H,39,40)/t23-,24+,25?,26?,27-,30?,34-,35+,36+,37-/m0/s1. The number of rotatable bonds is 7. The summed E-state index contributed by atoms with van der Waals surface area (Å²) in [5, 5.41) is 9.27. The van der Waals surface area contributed by atoms with Crippen LogP contribution in [0, 0.1) is 62.1 Å². The predicted molar refractivity (Wildman–Crippen MR) is 169 cm³/mol. The topological polar surface area (TPSA) is 107 Å². The van der Waals surface area contributed by atoms with Crippen molar-refractivity contribution in [1.29, 1.82) is 0 Å². The maximum atomic E-state index is 13.1. The SMILES string of the molecule is C=C(C)[C@@H]1CC[C@]2(C(N)=O)CC[C@]3(C)[C@H](CCC4[C@@]5(C)CC[C@H](OC(=O)CC(C)(C)CC(=O)O)C(C)(C)C5CC[C@]43C)C12. The average molecular weight is 598 g/mol. The fraction of sp³-hybridized carbons (Fsp3) is 0.865. The molecule has 43 heavy (non-hydrogen) atoms. The van der Waals surface area contributed by atoms with Gasteiger partial charge in [-0.25, -0.2) is 0 Å². The van der Waals surface area contributed by atoms with Gasteiger partial charge in [-0.3, -0.25) is 14.4 Å². The van der Waals surface area contributed by atoms with Crippen molar-refractivity contribution in [3.05, 3.63) is 12.2 Å². The lowest BCUT2D eigenvalue weighted by atomic mass is 9.32. The summed E-state index contributed by atoms with van der Waals surface area (Å²) < 4.78 is 6.22.